The minimum atomic E-state index is -0.196. The zero-order chi connectivity index (χ0) is 17.6. The first kappa shape index (κ1) is 18.4. The average Bonchev–Trinajstić information content (AvgIpc) is 3.16. The summed E-state index contributed by atoms with van der Waals surface area (Å²) in [6.45, 7) is 3.21. The van der Waals surface area contributed by atoms with Gasteiger partial charge in [-0.2, -0.15) is 0 Å². The van der Waals surface area contributed by atoms with Gasteiger partial charge in [-0.25, -0.2) is 0 Å². The quantitative estimate of drug-likeness (QED) is 0.507. The lowest BCUT2D eigenvalue weighted by atomic mass is 10.3. The summed E-state index contributed by atoms with van der Waals surface area (Å²) in [6, 6.07) is 4.67. The van der Waals surface area contributed by atoms with Gasteiger partial charge in [0.2, 0.25) is 5.91 Å². The molecule has 1 saturated carbocycles. The number of nitrogens with zero attached hydrogens (tertiary/aromatic N) is 3. The molecule has 2 aromatic rings. The van der Waals surface area contributed by atoms with Crippen molar-refractivity contribution in [2.75, 3.05) is 20.3 Å². The Morgan fingerprint density at radius 1 is 1.52 bits per heavy atom. The van der Waals surface area contributed by atoms with Crippen molar-refractivity contribution in [1.29, 1.82) is 0 Å². The highest BCUT2D eigenvalue weighted by atomic mass is 32.2. The summed E-state index contributed by atoms with van der Waals surface area (Å²) in [5.74, 6) is 1.03. The molecule has 1 aliphatic carbocycles. The zero-order valence-electron chi connectivity index (χ0n) is 14.6. The van der Waals surface area contributed by atoms with E-state index < -0.39 is 0 Å². The van der Waals surface area contributed by atoms with Gasteiger partial charge in [0.15, 0.2) is 5.16 Å². The number of rotatable bonds is 10. The van der Waals surface area contributed by atoms with E-state index in [9.17, 15) is 4.79 Å². The highest BCUT2D eigenvalue weighted by Crippen LogP contribution is 2.40. The second-order valence-corrected chi connectivity index (χ2v) is 8.49. The van der Waals surface area contributed by atoms with Crippen LogP contribution < -0.4 is 5.32 Å². The van der Waals surface area contributed by atoms with Crippen LogP contribution in [0.25, 0.3) is 0 Å². The van der Waals surface area contributed by atoms with Crippen molar-refractivity contribution in [2.45, 2.75) is 49.1 Å². The van der Waals surface area contributed by atoms with Crippen molar-refractivity contribution in [3.05, 3.63) is 28.2 Å². The van der Waals surface area contributed by atoms with E-state index in [2.05, 4.69) is 37.6 Å². The van der Waals surface area contributed by atoms with E-state index in [1.54, 1.807) is 18.4 Å². The van der Waals surface area contributed by atoms with Gasteiger partial charge in [-0.05, 0) is 37.6 Å². The summed E-state index contributed by atoms with van der Waals surface area (Å²) in [4.78, 5) is 13.5. The summed E-state index contributed by atoms with van der Waals surface area (Å²) in [7, 11) is 1.67. The minimum Gasteiger partial charge on any atom is -0.385 e. The Morgan fingerprint density at radius 3 is 3.04 bits per heavy atom. The van der Waals surface area contributed by atoms with E-state index in [0.717, 1.165) is 23.8 Å². The number of thiophene rings is 1. The molecule has 1 N–H and O–H groups in total. The number of methoxy groups -OCH3 is 1. The van der Waals surface area contributed by atoms with E-state index in [0.29, 0.717) is 19.2 Å². The maximum absolute atomic E-state index is 12.2. The zero-order valence-corrected chi connectivity index (χ0v) is 16.2. The van der Waals surface area contributed by atoms with Crippen LogP contribution in [0.3, 0.4) is 0 Å². The number of nitrogens with one attached hydrogen (secondary N) is 1. The van der Waals surface area contributed by atoms with Crippen molar-refractivity contribution in [2.24, 2.45) is 0 Å². The number of ether oxygens (including phenoxy) is 1. The summed E-state index contributed by atoms with van der Waals surface area (Å²) < 4.78 is 7.23. The SMILES string of the molecule is COCCCNC(=O)[C@H](C)Sc1nnc(Cc2cccs2)n1C1CC1. The lowest BCUT2D eigenvalue weighted by molar-refractivity contribution is -0.120. The van der Waals surface area contributed by atoms with Crippen LogP contribution in [0.15, 0.2) is 22.7 Å². The fourth-order valence-corrected chi connectivity index (χ4v) is 4.22. The van der Waals surface area contributed by atoms with Gasteiger partial charge in [-0.1, -0.05) is 17.8 Å². The third-order valence-corrected chi connectivity index (χ3v) is 5.97. The van der Waals surface area contributed by atoms with Gasteiger partial charge in [0.25, 0.3) is 0 Å². The maximum Gasteiger partial charge on any atom is 0.233 e. The molecule has 1 amide bonds. The summed E-state index contributed by atoms with van der Waals surface area (Å²) in [5, 5.41) is 14.5. The Kier molecular flexibility index (Phi) is 6.50. The van der Waals surface area contributed by atoms with E-state index in [1.807, 2.05) is 6.92 Å². The largest absolute Gasteiger partial charge is 0.385 e. The lowest BCUT2D eigenvalue weighted by Gasteiger charge is -2.13. The molecule has 8 heteroatoms. The highest BCUT2D eigenvalue weighted by molar-refractivity contribution is 8.00. The predicted molar refractivity (Wildman–Crippen MR) is 100 cm³/mol. The second-order valence-electron chi connectivity index (χ2n) is 6.15. The minimum absolute atomic E-state index is 0.0336. The number of hydrogen-bond acceptors (Lipinski definition) is 6. The number of hydrogen-bond donors (Lipinski definition) is 1. The van der Waals surface area contributed by atoms with Crippen LogP contribution in [-0.2, 0) is 16.0 Å². The molecule has 0 aromatic carbocycles. The summed E-state index contributed by atoms with van der Waals surface area (Å²) in [5.41, 5.74) is 0. The predicted octanol–water partition coefficient (Wildman–Crippen LogP) is 2.90. The van der Waals surface area contributed by atoms with Crippen LogP contribution in [0.2, 0.25) is 0 Å². The van der Waals surface area contributed by atoms with Crippen LogP contribution >= 0.6 is 23.1 Å². The fraction of sp³-hybridized carbons (Fsp3) is 0.588. The second kappa shape index (κ2) is 8.82. The van der Waals surface area contributed by atoms with Gasteiger partial charge >= 0.3 is 0 Å². The average molecular weight is 381 g/mol. The first-order valence-electron chi connectivity index (χ1n) is 8.58. The molecule has 1 atom stereocenters. The molecular weight excluding hydrogens is 356 g/mol. The monoisotopic (exact) mass is 380 g/mol. The molecule has 1 fully saturated rings. The van der Waals surface area contributed by atoms with Crippen molar-refractivity contribution in [3.63, 3.8) is 0 Å². The van der Waals surface area contributed by atoms with Gasteiger partial charge < -0.3 is 14.6 Å². The van der Waals surface area contributed by atoms with Crippen molar-refractivity contribution < 1.29 is 9.53 Å². The Balaban J connectivity index is 1.62. The maximum atomic E-state index is 12.2. The molecular formula is C17H24N4O2S2. The van der Waals surface area contributed by atoms with Crippen LogP contribution in [-0.4, -0.2) is 46.2 Å². The van der Waals surface area contributed by atoms with E-state index in [4.69, 9.17) is 4.74 Å². The number of amides is 1. The third kappa shape index (κ3) is 5.05. The molecule has 2 heterocycles. The molecule has 0 radical (unpaired) electrons. The van der Waals surface area contributed by atoms with E-state index in [-0.39, 0.29) is 11.2 Å². The Hall–Kier alpha value is -1.38. The van der Waals surface area contributed by atoms with Crippen LogP contribution in [0.1, 0.15) is 42.9 Å². The Labute approximate surface area is 156 Å². The summed E-state index contributed by atoms with van der Waals surface area (Å²) in [6.07, 6.45) is 3.96. The molecule has 0 unspecified atom stereocenters. The fourth-order valence-electron chi connectivity index (χ4n) is 2.56. The van der Waals surface area contributed by atoms with Crippen LogP contribution in [0, 0.1) is 0 Å². The topological polar surface area (TPSA) is 69.0 Å². The number of aromatic nitrogens is 3. The lowest BCUT2D eigenvalue weighted by Crippen LogP contribution is -2.32. The molecule has 2 aromatic heterocycles. The van der Waals surface area contributed by atoms with Crippen molar-refractivity contribution in [3.8, 4) is 0 Å². The van der Waals surface area contributed by atoms with Gasteiger partial charge in [0.1, 0.15) is 5.82 Å². The first-order valence-corrected chi connectivity index (χ1v) is 10.3. The van der Waals surface area contributed by atoms with Crippen LogP contribution in [0.5, 0.6) is 0 Å². The van der Waals surface area contributed by atoms with Gasteiger partial charge in [-0.15, -0.1) is 21.5 Å². The molecule has 3 rings (SSSR count). The number of carbonyl (C=O) groups is 1. The molecule has 0 bridgehead atoms. The molecule has 136 valence electrons. The Morgan fingerprint density at radius 2 is 2.36 bits per heavy atom. The number of carbonyl (C=O) groups excluding carboxylic acids is 1. The Bertz CT molecular complexity index is 683. The molecule has 0 spiro atoms. The standard InChI is InChI=1S/C17H24N4O2S2/c1-12(16(22)18-8-4-9-23-2)25-17-20-19-15(21(17)13-6-7-13)11-14-5-3-10-24-14/h3,5,10,12-13H,4,6-9,11H2,1-2H3,(H,18,22)/t12-/m0/s1. The van der Waals surface area contributed by atoms with Gasteiger partial charge in [0, 0.05) is 37.6 Å². The van der Waals surface area contributed by atoms with E-state index in [1.165, 1.54) is 29.5 Å². The smallest absolute Gasteiger partial charge is 0.233 e. The number of thioether (sulfide) groups is 1. The normalized spacial score (nSPS) is 15.3. The molecule has 25 heavy (non-hydrogen) atoms. The molecule has 0 saturated heterocycles. The van der Waals surface area contributed by atoms with Gasteiger partial charge in [-0.3, -0.25) is 4.79 Å². The molecule has 1 aliphatic rings. The van der Waals surface area contributed by atoms with Crippen molar-refractivity contribution in [1.82, 2.24) is 20.1 Å². The molecule has 0 aliphatic heterocycles. The van der Waals surface area contributed by atoms with E-state index >= 15 is 0 Å². The first-order chi connectivity index (χ1) is 12.2. The highest BCUT2D eigenvalue weighted by Gasteiger charge is 2.31. The van der Waals surface area contributed by atoms with Crippen molar-refractivity contribution >= 4 is 29.0 Å². The molecule has 6 nitrogen and oxygen atoms in total. The van der Waals surface area contributed by atoms with Crippen LogP contribution in [0.4, 0.5) is 0 Å². The third-order valence-electron chi connectivity index (χ3n) is 4.04. The van der Waals surface area contributed by atoms with Gasteiger partial charge in [0.05, 0.1) is 5.25 Å². The summed E-state index contributed by atoms with van der Waals surface area (Å²) >= 11 is 3.23.